The van der Waals surface area contributed by atoms with E-state index in [-0.39, 0.29) is 23.8 Å². The van der Waals surface area contributed by atoms with Gasteiger partial charge in [0.15, 0.2) is 0 Å². The molecule has 5 heteroatoms. The highest BCUT2D eigenvalue weighted by Crippen LogP contribution is 2.35. The number of urea groups is 1. The first kappa shape index (κ1) is 21.1. The topological polar surface area (TPSA) is 54.0 Å². The molecule has 0 aliphatic heterocycles. The highest BCUT2D eigenvalue weighted by molar-refractivity contribution is 6.02. The van der Waals surface area contributed by atoms with E-state index in [1.54, 1.807) is 12.3 Å². The lowest BCUT2D eigenvalue weighted by atomic mass is 9.76. The number of hydrogen-bond donors (Lipinski definition) is 2. The average molecular weight is 440 g/mol. The number of benzene rings is 3. The third-order valence-corrected chi connectivity index (χ3v) is 6.58. The molecule has 4 aromatic rings. The van der Waals surface area contributed by atoms with Crippen LogP contribution in [0.3, 0.4) is 0 Å². The lowest BCUT2D eigenvalue weighted by Gasteiger charge is -2.34. The van der Waals surface area contributed by atoms with Gasteiger partial charge in [-0.1, -0.05) is 48.5 Å². The number of carbonyl (C=O) groups is 1. The normalized spacial score (nSPS) is 17.4. The number of halogens is 1. The molecule has 2 amide bonds. The van der Waals surface area contributed by atoms with E-state index in [1.165, 1.54) is 11.6 Å². The molecule has 0 radical (unpaired) electrons. The molecule has 1 aliphatic rings. The minimum absolute atomic E-state index is 0.0541. The zero-order valence-electron chi connectivity index (χ0n) is 18.5. The van der Waals surface area contributed by atoms with Crippen LogP contribution in [0.1, 0.15) is 34.7 Å². The van der Waals surface area contributed by atoms with Gasteiger partial charge in [-0.2, -0.15) is 0 Å². The minimum atomic E-state index is -0.231. The van der Waals surface area contributed by atoms with E-state index >= 15 is 0 Å². The molecule has 2 unspecified atom stereocenters. The van der Waals surface area contributed by atoms with Gasteiger partial charge in [0.25, 0.3) is 0 Å². The molecule has 4 nitrogen and oxygen atoms in total. The largest absolute Gasteiger partial charge is 0.334 e. The number of amides is 2. The summed E-state index contributed by atoms with van der Waals surface area (Å²) in [5, 5.41) is 8.23. The molecule has 0 spiro atoms. The van der Waals surface area contributed by atoms with Crippen molar-refractivity contribution in [2.45, 2.75) is 38.1 Å². The molecule has 2 atom stereocenters. The Morgan fingerprint density at radius 3 is 2.73 bits per heavy atom. The number of aromatic nitrogens is 1. The molecular formula is C28H26FN3O. The lowest BCUT2D eigenvalue weighted by molar-refractivity contribution is 0.244. The maximum Gasteiger partial charge on any atom is 0.319 e. The molecule has 166 valence electrons. The first-order valence-corrected chi connectivity index (χ1v) is 11.3. The van der Waals surface area contributed by atoms with Crippen LogP contribution in [0.5, 0.6) is 0 Å². The van der Waals surface area contributed by atoms with Crippen LogP contribution in [0.2, 0.25) is 0 Å². The first-order valence-electron chi connectivity index (χ1n) is 11.3. The molecule has 1 heterocycles. The summed E-state index contributed by atoms with van der Waals surface area (Å²) in [6, 6.07) is 22.7. The number of hydrogen-bond acceptors (Lipinski definition) is 2. The third kappa shape index (κ3) is 4.44. The van der Waals surface area contributed by atoms with Crippen molar-refractivity contribution in [1.29, 1.82) is 0 Å². The summed E-state index contributed by atoms with van der Waals surface area (Å²) in [6.07, 6.45) is 4.04. The second kappa shape index (κ2) is 9.02. The quantitative estimate of drug-likeness (QED) is 0.401. The summed E-state index contributed by atoms with van der Waals surface area (Å²) in [6.45, 7) is 1.96. The van der Waals surface area contributed by atoms with Crippen LogP contribution in [0.4, 0.5) is 14.9 Å². The number of pyridine rings is 1. The molecule has 3 aromatic carbocycles. The Morgan fingerprint density at radius 2 is 1.88 bits per heavy atom. The molecule has 1 aromatic heterocycles. The van der Waals surface area contributed by atoms with Crippen molar-refractivity contribution in [1.82, 2.24) is 10.3 Å². The van der Waals surface area contributed by atoms with Crippen molar-refractivity contribution in [2.75, 3.05) is 5.32 Å². The SMILES string of the molecule is Cc1nccc2c(NC(=O)NC3CCc4cc(F)ccc4C3Cc3ccccc3)cccc12. The third-order valence-electron chi connectivity index (χ3n) is 6.58. The van der Waals surface area contributed by atoms with Gasteiger partial charge >= 0.3 is 6.03 Å². The number of rotatable bonds is 4. The zero-order valence-corrected chi connectivity index (χ0v) is 18.5. The fourth-order valence-corrected chi connectivity index (χ4v) is 4.96. The Morgan fingerprint density at radius 1 is 1.03 bits per heavy atom. The minimum Gasteiger partial charge on any atom is -0.334 e. The average Bonchev–Trinajstić information content (AvgIpc) is 2.82. The Labute approximate surface area is 192 Å². The van der Waals surface area contributed by atoms with Crippen molar-refractivity contribution in [3.05, 3.63) is 107 Å². The number of anilines is 1. The van der Waals surface area contributed by atoms with Crippen LogP contribution in [0, 0.1) is 12.7 Å². The second-order valence-corrected chi connectivity index (χ2v) is 8.68. The predicted molar refractivity (Wildman–Crippen MR) is 130 cm³/mol. The van der Waals surface area contributed by atoms with Gasteiger partial charge in [-0.05, 0) is 67.1 Å². The summed E-state index contributed by atoms with van der Waals surface area (Å²) < 4.78 is 13.9. The van der Waals surface area contributed by atoms with Crippen molar-refractivity contribution < 1.29 is 9.18 Å². The smallest absolute Gasteiger partial charge is 0.319 e. The molecule has 1 aliphatic carbocycles. The van der Waals surface area contributed by atoms with Crippen molar-refractivity contribution in [2.24, 2.45) is 0 Å². The van der Waals surface area contributed by atoms with E-state index in [0.717, 1.165) is 52.5 Å². The van der Waals surface area contributed by atoms with Gasteiger partial charge in [0.1, 0.15) is 5.82 Å². The number of nitrogens with zero attached hydrogens (tertiary/aromatic N) is 1. The van der Waals surface area contributed by atoms with Gasteiger partial charge in [0.05, 0.1) is 5.69 Å². The molecule has 2 N–H and O–H groups in total. The van der Waals surface area contributed by atoms with Crippen LogP contribution in [0.15, 0.2) is 79.0 Å². The van der Waals surface area contributed by atoms with Crippen LogP contribution in [-0.4, -0.2) is 17.1 Å². The molecule has 0 saturated heterocycles. The van der Waals surface area contributed by atoms with E-state index in [4.69, 9.17) is 0 Å². The fraction of sp³-hybridized carbons (Fsp3) is 0.214. The van der Waals surface area contributed by atoms with E-state index in [9.17, 15) is 9.18 Å². The standard InChI is InChI=1S/C28H26FN3O/c1-18-22-8-5-9-26(24(22)14-15-30-18)31-28(33)32-27-13-10-20-17-21(29)11-12-23(20)25(27)16-19-6-3-2-4-7-19/h2-9,11-12,14-15,17,25,27H,10,13,16H2,1H3,(H2,31,32,33). The monoisotopic (exact) mass is 439 g/mol. The summed E-state index contributed by atoms with van der Waals surface area (Å²) >= 11 is 0. The van der Waals surface area contributed by atoms with E-state index in [2.05, 4.69) is 27.8 Å². The fourth-order valence-electron chi connectivity index (χ4n) is 4.96. The summed E-state index contributed by atoms with van der Waals surface area (Å²) in [5.74, 6) is -0.140. The van der Waals surface area contributed by atoms with Crippen LogP contribution >= 0.6 is 0 Å². The van der Waals surface area contributed by atoms with Gasteiger partial charge < -0.3 is 10.6 Å². The van der Waals surface area contributed by atoms with Crippen LogP contribution in [-0.2, 0) is 12.8 Å². The summed E-state index contributed by atoms with van der Waals surface area (Å²) in [4.78, 5) is 17.4. The second-order valence-electron chi connectivity index (χ2n) is 8.68. The molecule has 0 fully saturated rings. The number of nitrogens with one attached hydrogen (secondary N) is 2. The van der Waals surface area contributed by atoms with Crippen molar-refractivity contribution >= 4 is 22.5 Å². The Kier molecular flexibility index (Phi) is 5.78. The van der Waals surface area contributed by atoms with E-state index in [0.29, 0.717) is 0 Å². The van der Waals surface area contributed by atoms with Crippen molar-refractivity contribution in [3.63, 3.8) is 0 Å². The number of fused-ring (bicyclic) bond motifs is 2. The Bertz CT molecular complexity index is 1310. The van der Waals surface area contributed by atoms with Gasteiger partial charge in [-0.3, -0.25) is 4.98 Å². The van der Waals surface area contributed by atoms with E-state index in [1.807, 2.05) is 55.5 Å². The van der Waals surface area contributed by atoms with Crippen molar-refractivity contribution in [3.8, 4) is 0 Å². The molecular weight excluding hydrogens is 413 g/mol. The van der Waals surface area contributed by atoms with Gasteiger partial charge in [0.2, 0.25) is 0 Å². The first-order chi connectivity index (χ1) is 16.1. The Hall–Kier alpha value is -3.73. The van der Waals surface area contributed by atoms with Gasteiger partial charge in [-0.15, -0.1) is 0 Å². The molecule has 0 bridgehead atoms. The van der Waals surface area contributed by atoms with Crippen LogP contribution in [0.25, 0.3) is 10.8 Å². The molecule has 5 rings (SSSR count). The zero-order chi connectivity index (χ0) is 22.8. The number of aryl methyl sites for hydroxylation is 2. The highest BCUT2D eigenvalue weighted by atomic mass is 19.1. The molecule has 0 saturated carbocycles. The predicted octanol–water partition coefficient (Wildman–Crippen LogP) is 6.15. The lowest BCUT2D eigenvalue weighted by Crippen LogP contribution is -2.44. The van der Waals surface area contributed by atoms with Gasteiger partial charge in [-0.25, -0.2) is 9.18 Å². The maximum atomic E-state index is 13.9. The van der Waals surface area contributed by atoms with Gasteiger partial charge in [0, 0.05) is 34.6 Å². The van der Waals surface area contributed by atoms with Crippen LogP contribution < -0.4 is 10.6 Å². The Balaban J connectivity index is 1.40. The summed E-state index contributed by atoms with van der Waals surface area (Å²) in [5.41, 5.74) is 5.03. The maximum absolute atomic E-state index is 13.9. The number of carbonyl (C=O) groups excluding carboxylic acids is 1. The summed E-state index contributed by atoms with van der Waals surface area (Å²) in [7, 11) is 0. The highest BCUT2D eigenvalue weighted by Gasteiger charge is 2.31. The molecule has 33 heavy (non-hydrogen) atoms. The van der Waals surface area contributed by atoms with E-state index < -0.39 is 0 Å².